The van der Waals surface area contributed by atoms with Crippen molar-refractivity contribution in [1.29, 1.82) is 0 Å². The Morgan fingerprint density at radius 3 is 2.60 bits per heavy atom. The molecule has 5 rings (SSSR count). The van der Waals surface area contributed by atoms with Crippen LogP contribution in [0.4, 0.5) is 4.39 Å². The van der Waals surface area contributed by atoms with Crippen LogP contribution in [0.15, 0.2) is 67.0 Å². The third kappa shape index (κ3) is 4.79. The average Bonchev–Trinajstić information content (AvgIpc) is 3.32. The third-order valence-electron chi connectivity index (χ3n) is 6.24. The van der Waals surface area contributed by atoms with E-state index in [0.717, 1.165) is 11.1 Å². The van der Waals surface area contributed by atoms with Crippen LogP contribution in [0.25, 0.3) is 22.2 Å². The van der Waals surface area contributed by atoms with Gasteiger partial charge in [-0.3, -0.25) is 9.59 Å². The van der Waals surface area contributed by atoms with Crippen LogP contribution in [0.5, 0.6) is 0 Å². The highest BCUT2D eigenvalue weighted by atomic mass is 19.1. The van der Waals surface area contributed by atoms with Crippen molar-refractivity contribution >= 4 is 22.8 Å². The summed E-state index contributed by atoms with van der Waals surface area (Å²) >= 11 is 0. The van der Waals surface area contributed by atoms with Crippen LogP contribution in [0.2, 0.25) is 0 Å². The molecule has 0 radical (unpaired) electrons. The second kappa shape index (κ2) is 9.68. The molecule has 0 spiro atoms. The number of carbonyl (C=O) groups excluding carboxylic acids is 2. The number of pyridine rings is 1. The van der Waals surface area contributed by atoms with E-state index in [1.807, 2.05) is 37.3 Å². The second-order valence-electron chi connectivity index (χ2n) is 8.55. The lowest BCUT2D eigenvalue weighted by Gasteiger charge is -2.26. The Bertz CT molecular complexity index is 1380. The topological polar surface area (TPSA) is 87.3 Å². The number of H-pyrrole nitrogens is 1. The number of benzene rings is 2. The van der Waals surface area contributed by atoms with Gasteiger partial charge in [-0.2, -0.15) is 0 Å². The standard InChI is InChI=1S/C27H25FN4O3/c1-17(20-3-2-4-22(28)13-20)31-26(33)24-16-30-25-23(24)14-21(15-29-25)18-5-7-19(8-6-18)27(34)32-9-11-35-12-10-32/h2-8,13-17H,9-12H2,1H3,(H,29,30)(H,31,33)/t17-/m1/s1. The van der Waals surface area contributed by atoms with Gasteiger partial charge in [-0.25, -0.2) is 9.37 Å². The second-order valence-corrected chi connectivity index (χ2v) is 8.55. The van der Waals surface area contributed by atoms with Crippen LogP contribution in [0.1, 0.15) is 39.2 Å². The molecule has 178 valence electrons. The Balaban J connectivity index is 1.36. The van der Waals surface area contributed by atoms with Crippen molar-refractivity contribution in [3.63, 3.8) is 0 Å². The first kappa shape index (κ1) is 22.7. The van der Waals surface area contributed by atoms with Crippen molar-refractivity contribution in [2.45, 2.75) is 13.0 Å². The minimum Gasteiger partial charge on any atom is -0.378 e. The summed E-state index contributed by atoms with van der Waals surface area (Å²) in [6, 6.07) is 15.1. The zero-order valence-corrected chi connectivity index (χ0v) is 19.3. The van der Waals surface area contributed by atoms with Crippen LogP contribution in [0, 0.1) is 5.82 Å². The summed E-state index contributed by atoms with van der Waals surface area (Å²) in [5.41, 5.74) is 4.07. The minimum absolute atomic E-state index is 0.00886. The van der Waals surface area contributed by atoms with Crippen molar-refractivity contribution < 1.29 is 18.7 Å². The summed E-state index contributed by atoms with van der Waals surface area (Å²) in [5, 5.41) is 3.60. The largest absolute Gasteiger partial charge is 0.378 e. The van der Waals surface area contributed by atoms with Gasteiger partial charge in [-0.05, 0) is 48.4 Å². The molecule has 0 aliphatic carbocycles. The molecule has 1 atom stereocenters. The quantitative estimate of drug-likeness (QED) is 0.453. The highest BCUT2D eigenvalue weighted by molar-refractivity contribution is 6.06. The predicted octanol–water partition coefficient (Wildman–Crippen LogP) is 4.33. The van der Waals surface area contributed by atoms with Crippen molar-refractivity contribution in [1.82, 2.24) is 20.2 Å². The highest BCUT2D eigenvalue weighted by Gasteiger charge is 2.19. The molecule has 2 N–H and O–H groups in total. The molecule has 8 heteroatoms. The lowest BCUT2D eigenvalue weighted by atomic mass is 10.0. The summed E-state index contributed by atoms with van der Waals surface area (Å²) in [6.07, 6.45) is 3.36. The number of morpholine rings is 1. The van der Waals surface area contributed by atoms with Gasteiger partial charge in [0.25, 0.3) is 11.8 Å². The Morgan fingerprint density at radius 2 is 1.86 bits per heavy atom. The first-order chi connectivity index (χ1) is 17.0. The maximum Gasteiger partial charge on any atom is 0.254 e. The Kier molecular flexibility index (Phi) is 6.29. The normalized spacial score (nSPS) is 14.6. The number of aromatic nitrogens is 2. The van der Waals surface area contributed by atoms with E-state index in [1.54, 1.807) is 29.4 Å². The van der Waals surface area contributed by atoms with Crippen LogP contribution in [-0.4, -0.2) is 53.0 Å². The van der Waals surface area contributed by atoms with Gasteiger partial charge in [-0.15, -0.1) is 0 Å². The lowest BCUT2D eigenvalue weighted by Crippen LogP contribution is -2.40. The lowest BCUT2D eigenvalue weighted by molar-refractivity contribution is 0.0303. The molecular weight excluding hydrogens is 447 g/mol. The zero-order chi connectivity index (χ0) is 24.4. The number of hydrogen-bond donors (Lipinski definition) is 2. The molecule has 1 fully saturated rings. The molecule has 4 aromatic rings. The SMILES string of the molecule is C[C@@H](NC(=O)c1c[nH]c2ncc(-c3ccc(C(=O)N4CCOCC4)cc3)cc12)c1cccc(F)c1. The molecule has 2 aromatic carbocycles. The first-order valence-electron chi connectivity index (χ1n) is 11.5. The van der Waals surface area contributed by atoms with Gasteiger partial charge in [0.1, 0.15) is 11.5 Å². The fraction of sp³-hybridized carbons (Fsp3) is 0.222. The molecule has 1 saturated heterocycles. The van der Waals surface area contributed by atoms with Gasteiger partial charge in [0, 0.05) is 42.0 Å². The van der Waals surface area contributed by atoms with Crippen LogP contribution < -0.4 is 5.32 Å². The molecule has 35 heavy (non-hydrogen) atoms. The summed E-state index contributed by atoms with van der Waals surface area (Å²) < 4.78 is 18.9. The van der Waals surface area contributed by atoms with Crippen molar-refractivity contribution in [3.05, 3.63) is 89.5 Å². The van der Waals surface area contributed by atoms with Crippen LogP contribution >= 0.6 is 0 Å². The fourth-order valence-corrected chi connectivity index (χ4v) is 4.24. The Hall–Kier alpha value is -4.04. The number of nitrogens with one attached hydrogen (secondary N) is 2. The number of carbonyl (C=O) groups is 2. The van der Waals surface area contributed by atoms with E-state index >= 15 is 0 Å². The zero-order valence-electron chi connectivity index (χ0n) is 19.3. The van der Waals surface area contributed by atoms with E-state index in [2.05, 4.69) is 15.3 Å². The van der Waals surface area contributed by atoms with E-state index in [4.69, 9.17) is 4.74 Å². The number of amides is 2. The van der Waals surface area contributed by atoms with Crippen molar-refractivity contribution in [3.8, 4) is 11.1 Å². The van der Waals surface area contributed by atoms with E-state index in [0.29, 0.717) is 54.0 Å². The highest BCUT2D eigenvalue weighted by Crippen LogP contribution is 2.26. The molecule has 2 aromatic heterocycles. The molecule has 1 aliphatic rings. The summed E-state index contributed by atoms with van der Waals surface area (Å²) in [5.74, 6) is -0.633. The third-order valence-corrected chi connectivity index (χ3v) is 6.24. The average molecular weight is 473 g/mol. The van der Waals surface area contributed by atoms with Crippen molar-refractivity contribution in [2.75, 3.05) is 26.3 Å². The smallest absolute Gasteiger partial charge is 0.254 e. The number of aromatic amines is 1. The predicted molar refractivity (Wildman–Crippen MR) is 131 cm³/mol. The Morgan fingerprint density at radius 1 is 1.09 bits per heavy atom. The van der Waals surface area contributed by atoms with Gasteiger partial charge in [0.15, 0.2) is 0 Å². The van der Waals surface area contributed by atoms with Gasteiger partial charge < -0.3 is 19.9 Å². The number of rotatable bonds is 5. The maximum absolute atomic E-state index is 13.6. The molecular formula is C27H25FN4O3. The molecule has 0 unspecified atom stereocenters. The minimum atomic E-state index is -0.365. The first-order valence-corrected chi connectivity index (χ1v) is 11.5. The molecule has 3 heterocycles. The van der Waals surface area contributed by atoms with Gasteiger partial charge in [0.2, 0.25) is 0 Å². The van der Waals surface area contributed by atoms with Gasteiger partial charge in [-0.1, -0.05) is 24.3 Å². The van der Waals surface area contributed by atoms with E-state index in [1.165, 1.54) is 12.1 Å². The van der Waals surface area contributed by atoms with Gasteiger partial charge >= 0.3 is 0 Å². The van der Waals surface area contributed by atoms with E-state index in [9.17, 15) is 14.0 Å². The molecule has 7 nitrogen and oxygen atoms in total. The number of halogens is 1. The van der Waals surface area contributed by atoms with Gasteiger partial charge in [0.05, 0.1) is 24.8 Å². The van der Waals surface area contributed by atoms with Crippen LogP contribution in [-0.2, 0) is 4.74 Å². The molecule has 0 saturated carbocycles. The fourth-order valence-electron chi connectivity index (χ4n) is 4.24. The molecule has 0 bridgehead atoms. The number of ether oxygens (including phenoxy) is 1. The monoisotopic (exact) mass is 472 g/mol. The summed E-state index contributed by atoms with van der Waals surface area (Å²) in [4.78, 5) is 35.0. The van der Waals surface area contributed by atoms with E-state index < -0.39 is 0 Å². The summed E-state index contributed by atoms with van der Waals surface area (Å²) in [6.45, 7) is 4.12. The number of hydrogen-bond acceptors (Lipinski definition) is 4. The Labute approximate surface area is 201 Å². The maximum atomic E-state index is 13.6. The van der Waals surface area contributed by atoms with E-state index in [-0.39, 0.29) is 23.7 Å². The molecule has 2 amide bonds. The molecule has 1 aliphatic heterocycles. The van der Waals surface area contributed by atoms with Crippen molar-refractivity contribution in [2.24, 2.45) is 0 Å². The summed E-state index contributed by atoms with van der Waals surface area (Å²) in [7, 11) is 0. The van der Waals surface area contributed by atoms with Crippen LogP contribution in [0.3, 0.4) is 0 Å². The number of nitrogens with zero attached hydrogens (tertiary/aromatic N) is 2. The number of fused-ring (bicyclic) bond motifs is 1.